The van der Waals surface area contributed by atoms with E-state index in [4.69, 9.17) is 4.74 Å². The number of hydrogen-bond acceptors (Lipinski definition) is 6. The average molecular weight is 404 g/mol. The van der Waals surface area contributed by atoms with Gasteiger partial charge in [-0.3, -0.25) is 9.69 Å². The number of allylic oxidation sites excluding steroid dienone is 1. The van der Waals surface area contributed by atoms with Crippen LogP contribution < -0.4 is 10.2 Å². The third-order valence-corrected chi connectivity index (χ3v) is 5.01. The van der Waals surface area contributed by atoms with Crippen LogP contribution in [0, 0.1) is 6.92 Å². The van der Waals surface area contributed by atoms with Gasteiger partial charge in [-0.15, -0.1) is 0 Å². The van der Waals surface area contributed by atoms with Gasteiger partial charge in [-0.05, 0) is 34.6 Å². The molecule has 8 heteroatoms. The maximum Gasteiger partial charge on any atom is 0.251 e. The zero-order valence-electron chi connectivity index (χ0n) is 17.0. The van der Waals surface area contributed by atoms with E-state index in [0.29, 0.717) is 19.1 Å². The number of rotatable bonds is 7. The van der Waals surface area contributed by atoms with E-state index in [1.54, 1.807) is 11.8 Å². The van der Waals surface area contributed by atoms with E-state index >= 15 is 0 Å². The second kappa shape index (κ2) is 8.87. The van der Waals surface area contributed by atoms with Gasteiger partial charge in [-0.25, -0.2) is 0 Å². The molecule has 0 aliphatic carbocycles. The van der Waals surface area contributed by atoms with E-state index in [2.05, 4.69) is 58.1 Å². The summed E-state index contributed by atoms with van der Waals surface area (Å²) in [5.41, 5.74) is 4.15. The van der Waals surface area contributed by atoms with Gasteiger partial charge in [0.25, 0.3) is 5.95 Å². The Morgan fingerprint density at radius 2 is 1.90 bits per heavy atom. The fourth-order valence-corrected chi connectivity index (χ4v) is 3.47. The van der Waals surface area contributed by atoms with E-state index in [1.807, 2.05) is 35.2 Å². The first-order valence-electron chi connectivity index (χ1n) is 9.82. The van der Waals surface area contributed by atoms with Crippen molar-refractivity contribution in [3.8, 4) is 0 Å². The number of carbonyl (C=O) groups excluding carboxylic acids is 1. The molecule has 0 radical (unpaired) electrons. The number of amides is 1. The van der Waals surface area contributed by atoms with E-state index < -0.39 is 0 Å². The number of carbonyl (C=O) groups is 1. The first-order valence-corrected chi connectivity index (χ1v) is 9.82. The molecule has 0 bridgehead atoms. The second-order valence-corrected chi connectivity index (χ2v) is 7.13. The zero-order valence-corrected chi connectivity index (χ0v) is 17.0. The molecule has 1 atom stereocenters. The van der Waals surface area contributed by atoms with E-state index in [-0.39, 0.29) is 18.5 Å². The van der Waals surface area contributed by atoms with Crippen LogP contribution in [-0.2, 0) is 9.53 Å². The second-order valence-electron chi connectivity index (χ2n) is 7.13. The van der Waals surface area contributed by atoms with Gasteiger partial charge >= 0.3 is 0 Å². The lowest BCUT2D eigenvalue weighted by Crippen LogP contribution is -2.40. The summed E-state index contributed by atoms with van der Waals surface area (Å²) in [6, 6.07) is 18.1. The molecule has 1 aromatic heterocycles. The standard InChI is InChI=1S/C22H24N6O2/c1-16-8-10-18(11-9-16)20-14-19(17-6-4-3-5-7-17)27(22-24-25-26-28(20)22)15-21(29)23-12-13-30-2/h3-11,14,20H,12-13,15H2,1-2H3,(H,23,29). The van der Waals surface area contributed by atoms with Crippen LogP contribution in [0.4, 0.5) is 5.95 Å². The molecule has 154 valence electrons. The lowest BCUT2D eigenvalue weighted by atomic mass is 10.00. The lowest BCUT2D eigenvalue weighted by molar-refractivity contribution is -0.119. The Labute approximate surface area is 175 Å². The summed E-state index contributed by atoms with van der Waals surface area (Å²) in [5, 5.41) is 15.2. The van der Waals surface area contributed by atoms with Crippen molar-refractivity contribution in [2.75, 3.05) is 31.7 Å². The van der Waals surface area contributed by atoms with Crippen molar-refractivity contribution in [2.24, 2.45) is 0 Å². The highest BCUT2D eigenvalue weighted by atomic mass is 16.5. The number of ether oxygens (including phenoxy) is 1. The number of tetrazole rings is 1. The molecule has 0 spiro atoms. The van der Waals surface area contributed by atoms with Gasteiger partial charge in [0.05, 0.1) is 12.3 Å². The van der Waals surface area contributed by atoms with Crippen molar-refractivity contribution >= 4 is 17.6 Å². The lowest BCUT2D eigenvalue weighted by Gasteiger charge is -2.32. The predicted molar refractivity (Wildman–Crippen MR) is 114 cm³/mol. The normalized spacial score (nSPS) is 15.5. The molecule has 0 fully saturated rings. The SMILES string of the molecule is COCCNC(=O)CN1C(c2ccccc2)=CC(c2ccc(C)cc2)n2nnnc21. The van der Waals surface area contributed by atoms with Crippen LogP contribution in [0.5, 0.6) is 0 Å². The molecule has 30 heavy (non-hydrogen) atoms. The highest BCUT2D eigenvalue weighted by Crippen LogP contribution is 2.35. The van der Waals surface area contributed by atoms with Crippen LogP contribution in [0.3, 0.4) is 0 Å². The Bertz CT molecular complexity index is 1030. The van der Waals surface area contributed by atoms with Crippen LogP contribution >= 0.6 is 0 Å². The fraction of sp³-hybridized carbons (Fsp3) is 0.273. The molecule has 1 N–H and O–H groups in total. The highest BCUT2D eigenvalue weighted by Gasteiger charge is 2.31. The highest BCUT2D eigenvalue weighted by molar-refractivity contribution is 5.89. The summed E-state index contributed by atoms with van der Waals surface area (Å²) in [6.07, 6.45) is 2.10. The van der Waals surface area contributed by atoms with Gasteiger partial charge in [-0.1, -0.05) is 65.3 Å². The minimum Gasteiger partial charge on any atom is -0.383 e. The Morgan fingerprint density at radius 3 is 2.63 bits per heavy atom. The average Bonchev–Trinajstić information content (AvgIpc) is 3.26. The van der Waals surface area contributed by atoms with Crippen molar-refractivity contribution in [2.45, 2.75) is 13.0 Å². The Kier molecular flexibility index (Phi) is 5.85. The third kappa shape index (κ3) is 4.08. The van der Waals surface area contributed by atoms with Crippen molar-refractivity contribution in [3.05, 3.63) is 77.4 Å². The first-order chi connectivity index (χ1) is 14.7. The fourth-order valence-electron chi connectivity index (χ4n) is 3.47. The van der Waals surface area contributed by atoms with Gasteiger partial charge in [0.15, 0.2) is 0 Å². The summed E-state index contributed by atoms with van der Waals surface area (Å²) >= 11 is 0. The topological polar surface area (TPSA) is 85.2 Å². The molecule has 4 rings (SSSR count). The van der Waals surface area contributed by atoms with Gasteiger partial charge in [-0.2, -0.15) is 4.68 Å². The molecule has 1 aliphatic heterocycles. The Balaban J connectivity index is 1.73. The largest absolute Gasteiger partial charge is 0.383 e. The van der Waals surface area contributed by atoms with Crippen LogP contribution in [-0.4, -0.2) is 52.9 Å². The number of hydrogen-bond donors (Lipinski definition) is 1. The van der Waals surface area contributed by atoms with Crippen molar-refractivity contribution < 1.29 is 9.53 Å². The molecular formula is C22H24N6O2. The summed E-state index contributed by atoms with van der Waals surface area (Å²) in [6.45, 7) is 3.07. The van der Waals surface area contributed by atoms with E-state index in [9.17, 15) is 4.79 Å². The van der Waals surface area contributed by atoms with Gasteiger partial charge in [0.2, 0.25) is 5.91 Å². The number of benzene rings is 2. The molecule has 8 nitrogen and oxygen atoms in total. The van der Waals surface area contributed by atoms with E-state index in [1.165, 1.54) is 5.56 Å². The molecule has 3 aromatic rings. The number of aromatic nitrogens is 4. The molecule has 0 saturated heterocycles. The Morgan fingerprint density at radius 1 is 1.13 bits per heavy atom. The monoisotopic (exact) mass is 404 g/mol. The number of nitrogens with zero attached hydrogens (tertiary/aromatic N) is 5. The molecular weight excluding hydrogens is 380 g/mol. The summed E-state index contributed by atoms with van der Waals surface area (Å²) in [4.78, 5) is 14.4. The molecule has 1 amide bonds. The minimum absolute atomic E-state index is 0.103. The van der Waals surface area contributed by atoms with Crippen LogP contribution in [0.25, 0.3) is 5.70 Å². The molecule has 0 saturated carbocycles. The van der Waals surface area contributed by atoms with E-state index in [0.717, 1.165) is 16.8 Å². The summed E-state index contributed by atoms with van der Waals surface area (Å²) < 4.78 is 6.76. The third-order valence-electron chi connectivity index (χ3n) is 5.01. The summed E-state index contributed by atoms with van der Waals surface area (Å²) in [5.74, 6) is 0.404. The number of methoxy groups -OCH3 is 1. The predicted octanol–water partition coefficient (Wildman–Crippen LogP) is 2.19. The number of anilines is 1. The van der Waals surface area contributed by atoms with Crippen LogP contribution in [0.1, 0.15) is 22.7 Å². The quantitative estimate of drug-likeness (QED) is 0.608. The number of nitrogens with one attached hydrogen (secondary N) is 1. The Hall–Kier alpha value is -3.52. The molecule has 2 heterocycles. The molecule has 1 unspecified atom stereocenters. The smallest absolute Gasteiger partial charge is 0.251 e. The minimum atomic E-state index is -0.168. The zero-order chi connectivity index (χ0) is 20.9. The van der Waals surface area contributed by atoms with Crippen LogP contribution in [0.2, 0.25) is 0 Å². The number of aryl methyl sites for hydroxylation is 1. The summed E-state index contributed by atoms with van der Waals surface area (Å²) in [7, 11) is 1.60. The van der Waals surface area contributed by atoms with Crippen molar-refractivity contribution in [1.29, 1.82) is 0 Å². The first kappa shape index (κ1) is 19.8. The van der Waals surface area contributed by atoms with Crippen molar-refractivity contribution in [1.82, 2.24) is 25.5 Å². The number of fused-ring (bicyclic) bond motifs is 1. The van der Waals surface area contributed by atoms with Gasteiger partial charge < -0.3 is 10.1 Å². The van der Waals surface area contributed by atoms with Gasteiger partial charge in [0, 0.05) is 13.7 Å². The van der Waals surface area contributed by atoms with Gasteiger partial charge in [0.1, 0.15) is 12.6 Å². The molecule has 2 aromatic carbocycles. The van der Waals surface area contributed by atoms with Crippen molar-refractivity contribution in [3.63, 3.8) is 0 Å². The molecule has 1 aliphatic rings. The van der Waals surface area contributed by atoms with Crippen LogP contribution in [0.15, 0.2) is 60.7 Å². The maximum atomic E-state index is 12.6. The maximum absolute atomic E-state index is 12.6.